The van der Waals surface area contributed by atoms with Gasteiger partial charge in [-0.3, -0.25) is 0 Å². The highest BCUT2D eigenvalue weighted by atomic mass is 16.6. The minimum atomic E-state index is 0.967. The average Bonchev–Trinajstić information content (AvgIpc) is 2.15. The summed E-state index contributed by atoms with van der Waals surface area (Å²) >= 11 is 0. The molecule has 0 N–H and O–H groups in total. The number of aryl methyl sites for hydroxylation is 1. The maximum Gasteiger partial charge on any atom is 0.177 e. The normalized spacial score (nSPS) is 10.5. The Morgan fingerprint density at radius 2 is 2.50 bits per heavy atom. The molecule has 0 saturated carbocycles. The molecule has 0 amide bonds. The SMILES string of the molecule is CC[n+]1cccc(C=NOC)c1. The molecule has 64 valence electrons. The van der Waals surface area contributed by atoms with Crippen molar-refractivity contribution in [2.24, 2.45) is 5.16 Å². The van der Waals surface area contributed by atoms with Gasteiger partial charge in [0.2, 0.25) is 0 Å². The zero-order chi connectivity index (χ0) is 8.81. The second-order valence-corrected chi connectivity index (χ2v) is 2.38. The number of rotatable bonds is 3. The quantitative estimate of drug-likeness (QED) is 0.372. The highest BCUT2D eigenvalue weighted by Crippen LogP contribution is 1.89. The summed E-state index contributed by atoms with van der Waals surface area (Å²) in [6.45, 7) is 3.06. The topological polar surface area (TPSA) is 25.5 Å². The predicted molar refractivity (Wildman–Crippen MR) is 46.9 cm³/mol. The summed E-state index contributed by atoms with van der Waals surface area (Å²) in [5.41, 5.74) is 1.04. The van der Waals surface area contributed by atoms with Gasteiger partial charge in [0.25, 0.3) is 0 Å². The lowest BCUT2D eigenvalue weighted by Gasteiger charge is -1.92. The molecule has 0 saturated heterocycles. The van der Waals surface area contributed by atoms with Gasteiger partial charge in [0.15, 0.2) is 12.4 Å². The van der Waals surface area contributed by atoms with Crippen LogP contribution in [-0.2, 0) is 11.4 Å². The maximum absolute atomic E-state index is 4.58. The second-order valence-electron chi connectivity index (χ2n) is 2.38. The van der Waals surface area contributed by atoms with Crippen molar-refractivity contribution in [3.63, 3.8) is 0 Å². The van der Waals surface area contributed by atoms with Crippen LogP contribution in [0.4, 0.5) is 0 Å². The van der Waals surface area contributed by atoms with Gasteiger partial charge in [0.05, 0.1) is 11.8 Å². The van der Waals surface area contributed by atoms with Crippen LogP contribution in [0, 0.1) is 0 Å². The second kappa shape index (κ2) is 4.49. The van der Waals surface area contributed by atoms with E-state index in [1.54, 1.807) is 6.21 Å². The molecule has 12 heavy (non-hydrogen) atoms. The Labute approximate surface area is 72.3 Å². The minimum Gasteiger partial charge on any atom is -0.399 e. The number of oxime groups is 1. The van der Waals surface area contributed by atoms with E-state index in [2.05, 4.69) is 21.5 Å². The fourth-order valence-electron chi connectivity index (χ4n) is 0.929. The molecule has 0 aliphatic carbocycles. The molecule has 0 fully saturated rings. The van der Waals surface area contributed by atoms with Crippen LogP contribution in [0.3, 0.4) is 0 Å². The molecule has 3 heteroatoms. The molecule has 1 rings (SSSR count). The molecule has 1 aromatic heterocycles. The van der Waals surface area contributed by atoms with Gasteiger partial charge in [-0.05, 0) is 13.0 Å². The molecule has 1 heterocycles. The van der Waals surface area contributed by atoms with Crippen molar-refractivity contribution in [2.45, 2.75) is 13.5 Å². The van der Waals surface area contributed by atoms with Crippen LogP contribution in [0.25, 0.3) is 0 Å². The molecule has 0 aliphatic heterocycles. The molecular weight excluding hydrogens is 152 g/mol. The van der Waals surface area contributed by atoms with Crippen molar-refractivity contribution in [1.82, 2.24) is 0 Å². The van der Waals surface area contributed by atoms with E-state index >= 15 is 0 Å². The third-order valence-corrected chi connectivity index (χ3v) is 1.55. The number of pyridine rings is 1. The predicted octanol–water partition coefficient (Wildman–Crippen LogP) is 0.974. The van der Waals surface area contributed by atoms with Crippen LogP contribution in [0.2, 0.25) is 0 Å². The van der Waals surface area contributed by atoms with Gasteiger partial charge in [-0.2, -0.15) is 0 Å². The first kappa shape index (κ1) is 8.71. The molecular formula is C9H13N2O+. The van der Waals surface area contributed by atoms with Crippen LogP contribution in [0.1, 0.15) is 12.5 Å². The highest BCUT2D eigenvalue weighted by molar-refractivity contribution is 5.77. The molecule has 0 atom stereocenters. The molecule has 0 radical (unpaired) electrons. The van der Waals surface area contributed by atoms with Crippen molar-refractivity contribution in [3.8, 4) is 0 Å². The Hall–Kier alpha value is -1.38. The van der Waals surface area contributed by atoms with E-state index in [0.717, 1.165) is 12.1 Å². The molecule has 3 nitrogen and oxygen atoms in total. The Morgan fingerprint density at radius 1 is 1.67 bits per heavy atom. The Bertz CT molecular complexity index is 271. The summed E-state index contributed by atoms with van der Waals surface area (Å²) in [6.07, 6.45) is 5.72. The van der Waals surface area contributed by atoms with Crippen LogP contribution in [0.15, 0.2) is 29.7 Å². The van der Waals surface area contributed by atoms with Gasteiger partial charge in [-0.1, -0.05) is 5.16 Å². The molecule has 0 bridgehead atoms. The van der Waals surface area contributed by atoms with Crippen molar-refractivity contribution < 1.29 is 9.40 Å². The van der Waals surface area contributed by atoms with E-state index in [-0.39, 0.29) is 0 Å². The Morgan fingerprint density at radius 3 is 3.17 bits per heavy atom. The molecule has 1 aromatic rings. The Balaban J connectivity index is 2.79. The van der Waals surface area contributed by atoms with E-state index in [0.29, 0.717) is 0 Å². The fraction of sp³-hybridized carbons (Fsp3) is 0.333. The van der Waals surface area contributed by atoms with Gasteiger partial charge in [0.1, 0.15) is 13.7 Å². The third-order valence-electron chi connectivity index (χ3n) is 1.55. The van der Waals surface area contributed by atoms with Gasteiger partial charge >= 0.3 is 0 Å². The van der Waals surface area contributed by atoms with Crippen molar-refractivity contribution >= 4 is 6.21 Å². The summed E-state index contributed by atoms with van der Waals surface area (Å²) in [5, 5.41) is 3.68. The van der Waals surface area contributed by atoms with E-state index < -0.39 is 0 Å². The largest absolute Gasteiger partial charge is 0.399 e. The lowest BCUT2D eigenvalue weighted by molar-refractivity contribution is -0.693. The third kappa shape index (κ3) is 2.34. The standard InChI is InChI=1S/C9H13N2O/c1-3-11-6-4-5-9(8-11)7-10-12-2/h4-8H,3H2,1-2H3/q+1. The zero-order valence-corrected chi connectivity index (χ0v) is 7.40. The number of nitrogens with zero attached hydrogens (tertiary/aromatic N) is 2. The van der Waals surface area contributed by atoms with Crippen molar-refractivity contribution in [2.75, 3.05) is 7.11 Å². The summed E-state index contributed by atoms with van der Waals surface area (Å²) in [6, 6.07) is 3.97. The van der Waals surface area contributed by atoms with Gasteiger partial charge in [-0.25, -0.2) is 4.57 Å². The molecule has 0 unspecified atom stereocenters. The first-order valence-corrected chi connectivity index (χ1v) is 3.92. The van der Waals surface area contributed by atoms with Crippen LogP contribution < -0.4 is 4.57 Å². The zero-order valence-electron chi connectivity index (χ0n) is 7.40. The summed E-state index contributed by atoms with van der Waals surface area (Å²) in [7, 11) is 1.54. The lowest BCUT2D eigenvalue weighted by atomic mass is 10.3. The van der Waals surface area contributed by atoms with Crippen LogP contribution in [-0.4, -0.2) is 13.3 Å². The average molecular weight is 165 g/mol. The molecule has 0 spiro atoms. The first-order valence-electron chi connectivity index (χ1n) is 3.92. The lowest BCUT2D eigenvalue weighted by Crippen LogP contribution is -2.31. The van der Waals surface area contributed by atoms with Gasteiger partial charge < -0.3 is 4.84 Å². The summed E-state index contributed by atoms with van der Waals surface area (Å²) < 4.78 is 2.08. The highest BCUT2D eigenvalue weighted by Gasteiger charge is 1.96. The van der Waals surface area contributed by atoms with Crippen molar-refractivity contribution in [3.05, 3.63) is 30.1 Å². The minimum absolute atomic E-state index is 0.967. The monoisotopic (exact) mass is 165 g/mol. The van der Waals surface area contributed by atoms with E-state index in [4.69, 9.17) is 0 Å². The van der Waals surface area contributed by atoms with E-state index in [1.165, 1.54) is 7.11 Å². The van der Waals surface area contributed by atoms with Gasteiger partial charge in [0, 0.05) is 6.07 Å². The van der Waals surface area contributed by atoms with E-state index in [1.807, 2.05) is 24.5 Å². The number of hydrogen-bond acceptors (Lipinski definition) is 2. The number of aromatic nitrogens is 1. The summed E-state index contributed by atoms with van der Waals surface area (Å²) in [4.78, 5) is 4.58. The summed E-state index contributed by atoms with van der Waals surface area (Å²) in [5.74, 6) is 0. The van der Waals surface area contributed by atoms with E-state index in [9.17, 15) is 0 Å². The van der Waals surface area contributed by atoms with Crippen LogP contribution >= 0.6 is 0 Å². The first-order chi connectivity index (χ1) is 5.86. The fourth-order valence-corrected chi connectivity index (χ4v) is 0.929. The Kier molecular flexibility index (Phi) is 3.26. The number of hydrogen-bond donors (Lipinski definition) is 0. The molecule has 0 aromatic carbocycles. The maximum atomic E-state index is 4.58. The smallest absolute Gasteiger partial charge is 0.177 e. The molecule has 0 aliphatic rings. The van der Waals surface area contributed by atoms with Crippen LogP contribution in [0.5, 0.6) is 0 Å². The van der Waals surface area contributed by atoms with Gasteiger partial charge in [-0.15, -0.1) is 0 Å². The van der Waals surface area contributed by atoms with Crippen molar-refractivity contribution in [1.29, 1.82) is 0 Å².